The summed E-state index contributed by atoms with van der Waals surface area (Å²) in [5.41, 5.74) is 3.10. The second kappa shape index (κ2) is 9.02. The van der Waals surface area contributed by atoms with Crippen molar-refractivity contribution in [3.8, 4) is 0 Å². The molecule has 1 aliphatic rings. The molecule has 6 nitrogen and oxygen atoms in total. The van der Waals surface area contributed by atoms with Crippen LogP contribution in [0.1, 0.15) is 18.4 Å². The van der Waals surface area contributed by atoms with Gasteiger partial charge in [-0.3, -0.25) is 9.59 Å². The summed E-state index contributed by atoms with van der Waals surface area (Å²) in [7, 11) is 0. The third-order valence-electron chi connectivity index (χ3n) is 5.16. The van der Waals surface area contributed by atoms with Gasteiger partial charge in [0.1, 0.15) is 0 Å². The van der Waals surface area contributed by atoms with Crippen LogP contribution in [0.4, 0.5) is 10.8 Å². The largest absolute Gasteiger partial charge is 0.368 e. The van der Waals surface area contributed by atoms with Crippen molar-refractivity contribution in [1.82, 2.24) is 9.88 Å². The summed E-state index contributed by atoms with van der Waals surface area (Å²) in [6.07, 6.45) is 0.356. The number of hydrogen-bond donors (Lipinski definition) is 1. The van der Waals surface area contributed by atoms with Crippen molar-refractivity contribution in [3.63, 3.8) is 0 Å². The summed E-state index contributed by atoms with van der Waals surface area (Å²) in [6, 6.07) is 13.7. The first-order valence-electron chi connectivity index (χ1n) is 9.93. The maximum absolute atomic E-state index is 12.5. The number of piperazine rings is 1. The van der Waals surface area contributed by atoms with Crippen LogP contribution in [0.5, 0.6) is 0 Å². The minimum atomic E-state index is -0.184. The van der Waals surface area contributed by atoms with Gasteiger partial charge < -0.3 is 15.1 Å². The van der Waals surface area contributed by atoms with E-state index >= 15 is 0 Å². The number of thiazole rings is 1. The van der Waals surface area contributed by atoms with E-state index in [1.165, 1.54) is 11.3 Å². The Morgan fingerprint density at radius 2 is 1.90 bits per heavy atom. The first kappa shape index (κ1) is 20.6. The maximum atomic E-state index is 12.5. The topological polar surface area (TPSA) is 65.5 Å². The number of benzene rings is 2. The van der Waals surface area contributed by atoms with Gasteiger partial charge in [0.2, 0.25) is 11.8 Å². The molecule has 8 heteroatoms. The zero-order valence-corrected chi connectivity index (χ0v) is 18.3. The molecule has 0 radical (unpaired) electrons. The molecule has 2 heterocycles. The van der Waals surface area contributed by atoms with Crippen LogP contribution >= 0.6 is 22.9 Å². The number of aryl methyl sites for hydroxylation is 1. The summed E-state index contributed by atoms with van der Waals surface area (Å²) in [6.45, 7) is 4.82. The molecule has 4 rings (SSSR count). The van der Waals surface area contributed by atoms with Gasteiger partial charge in [-0.05, 0) is 42.8 Å². The van der Waals surface area contributed by atoms with E-state index < -0.39 is 0 Å². The third-order valence-corrected chi connectivity index (χ3v) is 6.33. The predicted octanol–water partition coefficient (Wildman–Crippen LogP) is 4.33. The number of amides is 2. The van der Waals surface area contributed by atoms with E-state index in [1.807, 2.05) is 48.2 Å². The zero-order valence-electron chi connectivity index (χ0n) is 16.7. The molecule has 0 bridgehead atoms. The molecule has 2 aromatic carbocycles. The van der Waals surface area contributed by atoms with Gasteiger partial charge in [0, 0.05) is 49.7 Å². The Morgan fingerprint density at radius 1 is 1.10 bits per heavy atom. The Balaban J connectivity index is 1.24. The minimum absolute atomic E-state index is 0.0100. The number of hydrogen-bond acceptors (Lipinski definition) is 5. The van der Waals surface area contributed by atoms with Crippen molar-refractivity contribution in [2.75, 3.05) is 36.4 Å². The van der Waals surface area contributed by atoms with Crippen LogP contribution in [-0.4, -0.2) is 47.9 Å². The van der Waals surface area contributed by atoms with E-state index in [2.05, 4.69) is 21.3 Å². The van der Waals surface area contributed by atoms with Crippen molar-refractivity contribution in [1.29, 1.82) is 0 Å². The van der Waals surface area contributed by atoms with E-state index in [1.54, 1.807) is 0 Å². The van der Waals surface area contributed by atoms with Crippen molar-refractivity contribution < 1.29 is 9.59 Å². The van der Waals surface area contributed by atoms with Crippen LogP contribution in [0, 0.1) is 6.92 Å². The Labute approximate surface area is 184 Å². The Hall–Kier alpha value is -2.64. The number of fused-ring (bicyclic) bond motifs is 1. The lowest BCUT2D eigenvalue weighted by atomic mass is 10.2. The van der Waals surface area contributed by atoms with Crippen molar-refractivity contribution >= 4 is 55.8 Å². The fourth-order valence-electron chi connectivity index (χ4n) is 3.53. The molecule has 1 saturated heterocycles. The van der Waals surface area contributed by atoms with Crippen LogP contribution < -0.4 is 10.2 Å². The summed E-state index contributed by atoms with van der Waals surface area (Å²) in [4.78, 5) is 33.3. The van der Waals surface area contributed by atoms with Gasteiger partial charge in [0.15, 0.2) is 5.13 Å². The lowest BCUT2D eigenvalue weighted by molar-refractivity contribution is -0.133. The zero-order chi connectivity index (χ0) is 21.1. The molecule has 1 aliphatic heterocycles. The first-order valence-corrected chi connectivity index (χ1v) is 11.1. The number of carbonyl (C=O) groups excluding carboxylic acids is 2. The molecular weight excluding hydrogens is 420 g/mol. The molecule has 0 aliphatic carbocycles. The third kappa shape index (κ3) is 4.91. The molecule has 1 N–H and O–H groups in total. The minimum Gasteiger partial charge on any atom is -0.368 e. The molecule has 0 atom stereocenters. The summed E-state index contributed by atoms with van der Waals surface area (Å²) >= 11 is 7.52. The average Bonchev–Trinajstić information content (AvgIpc) is 3.13. The first-order chi connectivity index (χ1) is 14.5. The second-order valence-corrected chi connectivity index (χ2v) is 8.85. The fraction of sp³-hybridized carbons (Fsp3) is 0.318. The standard InChI is InChI=1S/C22H23ClN4O2S/c1-15-5-6-18-19(13-15)30-22(24-18)25-20(28)7-8-21(29)27-11-9-26(10-12-27)17-4-2-3-16(23)14-17/h2-6,13-14H,7-12H2,1H3,(H,24,25,28). The Bertz CT molecular complexity index is 1080. The van der Waals surface area contributed by atoms with Crippen LogP contribution in [-0.2, 0) is 9.59 Å². The van der Waals surface area contributed by atoms with Gasteiger partial charge in [-0.25, -0.2) is 4.98 Å². The molecular formula is C22H23ClN4O2S. The lowest BCUT2D eigenvalue weighted by Crippen LogP contribution is -2.48. The SMILES string of the molecule is Cc1ccc2nc(NC(=O)CCC(=O)N3CCN(c4cccc(Cl)c4)CC3)sc2c1. The maximum Gasteiger partial charge on any atom is 0.226 e. The molecule has 156 valence electrons. The number of aromatic nitrogens is 1. The van der Waals surface area contributed by atoms with E-state index in [-0.39, 0.29) is 24.7 Å². The molecule has 1 fully saturated rings. The van der Waals surface area contributed by atoms with Crippen molar-refractivity contribution in [2.45, 2.75) is 19.8 Å². The van der Waals surface area contributed by atoms with Gasteiger partial charge in [-0.1, -0.05) is 35.1 Å². The van der Waals surface area contributed by atoms with Gasteiger partial charge in [0.05, 0.1) is 10.2 Å². The summed E-state index contributed by atoms with van der Waals surface area (Å²) in [5, 5.41) is 4.10. The predicted molar refractivity (Wildman–Crippen MR) is 122 cm³/mol. The number of nitrogens with one attached hydrogen (secondary N) is 1. The highest BCUT2D eigenvalue weighted by molar-refractivity contribution is 7.22. The lowest BCUT2D eigenvalue weighted by Gasteiger charge is -2.36. The molecule has 0 unspecified atom stereocenters. The molecule has 2 amide bonds. The number of nitrogens with zero attached hydrogens (tertiary/aromatic N) is 3. The van der Waals surface area contributed by atoms with Gasteiger partial charge in [0.25, 0.3) is 0 Å². The van der Waals surface area contributed by atoms with Crippen LogP contribution in [0.15, 0.2) is 42.5 Å². The molecule has 30 heavy (non-hydrogen) atoms. The number of halogens is 1. The van der Waals surface area contributed by atoms with Gasteiger partial charge >= 0.3 is 0 Å². The number of anilines is 2. The van der Waals surface area contributed by atoms with Crippen molar-refractivity contribution in [2.24, 2.45) is 0 Å². The quantitative estimate of drug-likeness (QED) is 0.638. The smallest absolute Gasteiger partial charge is 0.226 e. The molecule has 0 spiro atoms. The van der Waals surface area contributed by atoms with Gasteiger partial charge in [-0.15, -0.1) is 0 Å². The van der Waals surface area contributed by atoms with Gasteiger partial charge in [-0.2, -0.15) is 0 Å². The average molecular weight is 443 g/mol. The highest BCUT2D eigenvalue weighted by Gasteiger charge is 2.22. The van der Waals surface area contributed by atoms with E-state index in [0.29, 0.717) is 23.2 Å². The fourth-order valence-corrected chi connectivity index (χ4v) is 4.70. The van der Waals surface area contributed by atoms with E-state index in [4.69, 9.17) is 11.6 Å². The summed E-state index contributed by atoms with van der Waals surface area (Å²) in [5.74, 6) is -0.174. The van der Waals surface area contributed by atoms with Crippen LogP contribution in [0.25, 0.3) is 10.2 Å². The van der Waals surface area contributed by atoms with Crippen molar-refractivity contribution in [3.05, 3.63) is 53.1 Å². The molecule has 1 aromatic heterocycles. The number of carbonyl (C=O) groups is 2. The Kier molecular flexibility index (Phi) is 6.20. The molecule has 0 saturated carbocycles. The van der Waals surface area contributed by atoms with E-state index in [9.17, 15) is 9.59 Å². The highest BCUT2D eigenvalue weighted by Crippen LogP contribution is 2.27. The Morgan fingerprint density at radius 3 is 2.67 bits per heavy atom. The van der Waals surface area contributed by atoms with Crippen LogP contribution in [0.3, 0.4) is 0 Å². The second-order valence-electron chi connectivity index (χ2n) is 7.39. The van der Waals surface area contributed by atoms with E-state index in [0.717, 1.165) is 34.6 Å². The normalized spacial score (nSPS) is 14.2. The monoisotopic (exact) mass is 442 g/mol. The van der Waals surface area contributed by atoms with Crippen LogP contribution in [0.2, 0.25) is 5.02 Å². The highest BCUT2D eigenvalue weighted by atomic mass is 35.5. The molecule has 3 aromatic rings. The number of rotatable bonds is 5. The summed E-state index contributed by atoms with van der Waals surface area (Å²) < 4.78 is 1.04.